The van der Waals surface area contributed by atoms with Crippen molar-refractivity contribution in [3.63, 3.8) is 0 Å². The summed E-state index contributed by atoms with van der Waals surface area (Å²) in [6.07, 6.45) is -2.51. The molecule has 0 spiro atoms. The van der Waals surface area contributed by atoms with Crippen molar-refractivity contribution in [3.05, 3.63) is 59.7 Å². The Morgan fingerprint density at radius 3 is 2.61 bits per heavy atom. The first kappa shape index (κ1) is 18.3. The molecule has 4 rings (SSSR count). The maximum atomic E-state index is 12.5. The number of amides is 1. The highest BCUT2D eigenvalue weighted by Crippen LogP contribution is 2.44. The van der Waals surface area contributed by atoms with Gasteiger partial charge in [0.25, 0.3) is 0 Å². The van der Waals surface area contributed by atoms with Crippen LogP contribution < -0.4 is 10.5 Å². The number of nitrogens with two attached hydrogens (primary N) is 1. The average molecular weight is 386 g/mol. The van der Waals surface area contributed by atoms with Crippen molar-refractivity contribution < 1.29 is 22.7 Å². The van der Waals surface area contributed by atoms with Gasteiger partial charge in [-0.2, -0.15) is 0 Å². The summed E-state index contributed by atoms with van der Waals surface area (Å²) in [7, 11) is 0. The number of nitrogens with zero attached hydrogens (tertiary/aromatic N) is 1. The summed E-state index contributed by atoms with van der Waals surface area (Å²) < 4.78 is 41.6. The molecule has 1 aliphatic rings. The number of hydrogen-bond donors (Lipinski definition) is 1. The van der Waals surface area contributed by atoms with E-state index in [2.05, 4.69) is 9.72 Å². The number of alkyl halides is 3. The lowest BCUT2D eigenvalue weighted by Gasteiger charge is -2.12. The predicted molar refractivity (Wildman–Crippen MR) is 98.7 cm³/mol. The molecule has 4 nitrogen and oxygen atoms in total. The molecule has 0 radical (unpaired) electrons. The van der Waals surface area contributed by atoms with Crippen molar-refractivity contribution in [2.75, 3.05) is 0 Å². The van der Waals surface area contributed by atoms with E-state index in [-0.39, 0.29) is 12.2 Å². The molecule has 0 atom stereocenters. The Labute approximate surface area is 159 Å². The van der Waals surface area contributed by atoms with Crippen LogP contribution in [-0.4, -0.2) is 17.3 Å². The summed E-state index contributed by atoms with van der Waals surface area (Å²) in [5.41, 5.74) is 8.94. The predicted octanol–water partition coefficient (Wildman–Crippen LogP) is 4.71. The Kier molecular flexibility index (Phi) is 4.45. The molecule has 144 valence electrons. The molecule has 0 unspecified atom stereocenters. The third kappa shape index (κ3) is 4.08. The molecule has 1 aliphatic carbocycles. The zero-order valence-corrected chi connectivity index (χ0v) is 14.8. The first-order chi connectivity index (χ1) is 13.3. The third-order valence-corrected chi connectivity index (χ3v) is 4.67. The average Bonchev–Trinajstić information content (AvgIpc) is 3.44. The fourth-order valence-electron chi connectivity index (χ4n) is 3.34. The number of halogens is 3. The SMILES string of the molecule is NC(=O)Cc1ccc2c(C3CC3)cc(-c3cccc(OC(F)(F)F)c3)nc2c1. The summed E-state index contributed by atoms with van der Waals surface area (Å²) in [6, 6.07) is 13.3. The first-order valence-electron chi connectivity index (χ1n) is 8.86. The van der Waals surface area contributed by atoms with Gasteiger partial charge in [0.1, 0.15) is 5.75 Å². The molecule has 1 heterocycles. The normalized spacial score (nSPS) is 14.2. The number of benzene rings is 2. The van der Waals surface area contributed by atoms with Crippen molar-refractivity contribution in [1.82, 2.24) is 4.98 Å². The highest BCUT2D eigenvalue weighted by Gasteiger charge is 2.31. The maximum Gasteiger partial charge on any atom is 0.573 e. The van der Waals surface area contributed by atoms with Crippen LogP contribution in [0, 0.1) is 0 Å². The molecule has 1 saturated carbocycles. The molecule has 1 aromatic heterocycles. The Bertz CT molecular complexity index is 1060. The quantitative estimate of drug-likeness (QED) is 0.691. The van der Waals surface area contributed by atoms with Crippen molar-refractivity contribution >= 4 is 16.8 Å². The number of pyridine rings is 1. The van der Waals surface area contributed by atoms with Gasteiger partial charge in [-0.25, -0.2) is 4.98 Å². The number of fused-ring (bicyclic) bond motifs is 1. The molecular formula is C21H17F3N2O2. The minimum Gasteiger partial charge on any atom is -0.406 e. The summed E-state index contributed by atoms with van der Waals surface area (Å²) in [5, 5.41) is 0.988. The standard InChI is InChI=1S/C21H17F3N2O2/c22-21(23,24)28-15-3-1-2-14(10-15)18-11-17(13-5-6-13)16-7-4-12(9-20(25)27)8-19(16)26-18/h1-4,7-8,10-11,13H,5-6,9H2,(H2,25,27). The topological polar surface area (TPSA) is 65.2 Å². The Morgan fingerprint density at radius 1 is 1.14 bits per heavy atom. The van der Waals surface area contributed by atoms with Gasteiger partial charge in [0.15, 0.2) is 0 Å². The monoisotopic (exact) mass is 386 g/mol. The van der Waals surface area contributed by atoms with Crippen LogP contribution in [0.25, 0.3) is 22.2 Å². The lowest BCUT2D eigenvalue weighted by Crippen LogP contribution is -2.17. The van der Waals surface area contributed by atoms with E-state index in [0.717, 1.165) is 29.4 Å². The van der Waals surface area contributed by atoms with Gasteiger partial charge in [-0.1, -0.05) is 24.3 Å². The van der Waals surface area contributed by atoms with Crippen molar-refractivity contribution in [1.29, 1.82) is 0 Å². The van der Waals surface area contributed by atoms with Crippen molar-refractivity contribution in [2.24, 2.45) is 5.73 Å². The molecule has 2 N–H and O–H groups in total. The van der Waals surface area contributed by atoms with Gasteiger partial charge in [-0.05, 0) is 54.2 Å². The fraction of sp³-hybridized carbons (Fsp3) is 0.238. The number of primary amides is 1. The van der Waals surface area contributed by atoms with Gasteiger partial charge in [-0.15, -0.1) is 13.2 Å². The highest BCUT2D eigenvalue weighted by molar-refractivity contribution is 5.88. The molecule has 7 heteroatoms. The Hall–Kier alpha value is -3.09. The van der Waals surface area contributed by atoms with Gasteiger partial charge < -0.3 is 10.5 Å². The summed E-state index contributed by atoms with van der Waals surface area (Å²) >= 11 is 0. The number of carbonyl (C=O) groups excluding carboxylic acids is 1. The molecule has 0 saturated heterocycles. The smallest absolute Gasteiger partial charge is 0.406 e. The van der Waals surface area contributed by atoms with Crippen LogP contribution in [-0.2, 0) is 11.2 Å². The van der Waals surface area contributed by atoms with Crippen LogP contribution in [0.15, 0.2) is 48.5 Å². The second kappa shape index (κ2) is 6.82. The van der Waals surface area contributed by atoms with Crippen LogP contribution in [0.4, 0.5) is 13.2 Å². The molecule has 1 fully saturated rings. The van der Waals surface area contributed by atoms with E-state index < -0.39 is 12.3 Å². The van der Waals surface area contributed by atoms with E-state index >= 15 is 0 Å². The lowest BCUT2D eigenvalue weighted by molar-refractivity contribution is -0.274. The van der Waals surface area contributed by atoms with E-state index in [4.69, 9.17) is 5.73 Å². The first-order valence-corrected chi connectivity index (χ1v) is 8.86. The molecule has 28 heavy (non-hydrogen) atoms. The zero-order chi connectivity index (χ0) is 19.9. The molecule has 2 aromatic carbocycles. The number of hydrogen-bond acceptors (Lipinski definition) is 3. The van der Waals surface area contributed by atoms with Gasteiger partial charge >= 0.3 is 6.36 Å². The summed E-state index contributed by atoms with van der Waals surface area (Å²) in [4.78, 5) is 15.9. The third-order valence-electron chi connectivity index (χ3n) is 4.67. The molecular weight excluding hydrogens is 369 g/mol. The van der Waals surface area contributed by atoms with E-state index in [9.17, 15) is 18.0 Å². The largest absolute Gasteiger partial charge is 0.573 e. The molecule has 0 aliphatic heterocycles. The maximum absolute atomic E-state index is 12.5. The lowest BCUT2D eigenvalue weighted by atomic mass is 9.99. The van der Waals surface area contributed by atoms with E-state index in [1.165, 1.54) is 18.2 Å². The second-order valence-corrected chi connectivity index (χ2v) is 6.94. The van der Waals surface area contributed by atoms with Crippen LogP contribution in [0.1, 0.15) is 29.9 Å². The van der Waals surface area contributed by atoms with Crippen molar-refractivity contribution in [3.8, 4) is 17.0 Å². The minimum absolute atomic E-state index is 0.107. The number of ether oxygens (including phenoxy) is 1. The van der Waals surface area contributed by atoms with Crippen molar-refractivity contribution in [2.45, 2.75) is 31.5 Å². The Balaban J connectivity index is 1.80. The second-order valence-electron chi connectivity index (χ2n) is 6.94. The molecule has 3 aromatic rings. The Morgan fingerprint density at radius 2 is 1.93 bits per heavy atom. The number of rotatable bonds is 5. The number of carbonyl (C=O) groups is 1. The zero-order valence-electron chi connectivity index (χ0n) is 14.8. The van der Waals surface area contributed by atoms with Crippen LogP contribution in [0.5, 0.6) is 5.75 Å². The number of aromatic nitrogens is 1. The summed E-state index contributed by atoms with van der Waals surface area (Å²) in [5.74, 6) is -0.307. The summed E-state index contributed by atoms with van der Waals surface area (Å²) in [6.45, 7) is 0. The van der Waals surface area contributed by atoms with Gasteiger partial charge in [0, 0.05) is 10.9 Å². The van der Waals surface area contributed by atoms with Crippen LogP contribution in [0.3, 0.4) is 0 Å². The van der Waals surface area contributed by atoms with E-state index in [1.807, 2.05) is 24.3 Å². The van der Waals surface area contributed by atoms with Gasteiger partial charge in [0.2, 0.25) is 5.91 Å². The molecule has 1 amide bonds. The minimum atomic E-state index is -4.75. The fourth-order valence-corrected chi connectivity index (χ4v) is 3.34. The van der Waals surface area contributed by atoms with Crippen LogP contribution >= 0.6 is 0 Å². The van der Waals surface area contributed by atoms with E-state index in [1.54, 1.807) is 6.07 Å². The highest BCUT2D eigenvalue weighted by atomic mass is 19.4. The molecule has 0 bridgehead atoms. The van der Waals surface area contributed by atoms with Crippen LogP contribution in [0.2, 0.25) is 0 Å². The van der Waals surface area contributed by atoms with Gasteiger partial charge in [0.05, 0.1) is 17.6 Å². The van der Waals surface area contributed by atoms with Gasteiger partial charge in [-0.3, -0.25) is 4.79 Å². The van der Waals surface area contributed by atoms with E-state index in [0.29, 0.717) is 22.7 Å².